The van der Waals surface area contributed by atoms with Crippen molar-refractivity contribution in [2.75, 3.05) is 12.4 Å². The topological polar surface area (TPSA) is 49.3 Å². The first-order valence-electron chi connectivity index (χ1n) is 5.77. The van der Waals surface area contributed by atoms with Crippen LogP contribution in [0.3, 0.4) is 0 Å². The van der Waals surface area contributed by atoms with Crippen LogP contribution in [0.1, 0.15) is 22.0 Å². The highest BCUT2D eigenvalue weighted by Crippen LogP contribution is 2.20. The second-order valence-electron chi connectivity index (χ2n) is 4.01. The average Bonchev–Trinajstić information content (AvgIpc) is 2.46. The number of ketones is 1. The predicted molar refractivity (Wildman–Crippen MR) is 71.7 cm³/mol. The van der Waals surface area contributed by atoms with Crippen LogP contribution in [0.15, 0.2) is 54.6 Å². The zero-order valence-electron chi connectivity index (χ0n) is 10.1. The molecular weight excluding hydrogens is 226 g/mol. The van der Waals surface area contributed by atoms with Crippen LogP contribution in [-0.2, 0) is 0 Å². The summed E-state index contributed by atoms with van der Waals surface area (Å²) >= 11 is 0. The van der Waals surface area contributed by atoms with Gasteiger partial charge in [-0.25, -0.2) is 0 Å². The molecule has 1 atom stereocenters. The van der Waals surface area contributed by atoms with Crippen molar-refractivity contribution in [1.82, 2.24) is 0 Å². The molecule has 0 radical (unpaired) electrons. The number of aliphatic hydroxyl groups is 1. The van der Waals surface area contributed by atoms with Crippen LogP contribution in [0.4, 0.5) is 5.69 Å². The van der Waals surface area contributed by atoms with Gasteiger partial charge in [-0.3, -0.25) is 4.79 Å². The van der Waals surface area contributed by atoms with Gasteiger partial charge in [-0.15, -0.1) is 0 Å². The molecule has 2 N–H and O–H groups in total. The number of carbonyl (C=O) groups is 1. The third kappa shape index (κ3) is 2.57. The molecule has 2 rings (SSSR count). The van der Waals surface area contributed by atoms with Gasteiger partial charge < -0.3 is 10.4 Å². The molecule has 0 heterocycles. The van der Waals surface area contributed by atoms with E-state index in [4.69, 9.17) is 0 Å². The molecule has 18 heavy (non-hydrogen) atoms. The van der Waals surface area contributed by atoms with Gasteiger partial charge in [0, 0.05) is 18.3 Å². The Morgan fingerprint density at radius 1 is 1.11 bits per heavy atom. The minimum absolute atomic E-state index is 0.293. The first kappa shape index (κ1) is 12.3. The molecule has 0 aliphatic rings. The first-order valence-corrected chi connectivity index (χ1v) is 5.77. The number of Topliss-reactive ketones (excluding diaryl/α,β-unsaturated/α-hetero) is 1. The molecule has 2 aromatic carbocycles. The monoisotopic (exact) mass is 241 g/mol. The summed E-state index contributed by atoms with van der Waals surface area (Å²) in [6.07, 6.45) is -1.11. The third-order valence-electron chi connectivity index (χ3n) is 2.80. The molecule has 0 aromatic heterocycles. The summed E-state index contributed by atoms with van der Waals surface area (Å²) in [7, 11) is 1.79. The standard InChI is InChI=1S/C15H15NO2/c1-16-13-9-5-8-12(10-13)15(18)14(17)11-6-3-2-4-7-11/h2-10,14,16-17H,1H3. The molecule has 3 heteroatoms. The summed E-state index contributed by atoms with van der Waals surface area (Å²) in [5.74, 6) is -0.293. The summed E-state index contributed by atoms with van der Waals surface area (Å²) in [4.78, 5) is 12.1. The fourth-order valence-electron chi connectivity index (χ4n) is 1.77. The summed E-state index contributed by atoms with van der Waals surface area (Å²) in [6, 6.07) is 16.0. The van der Waals surface area contributed by atoms with Gasteiger partial charge in [0.05, 0.1) is 0 Å². The van der Waals surface area contributed by atoms with Crippen LogP contribution in [0.25, 0.3) is 0 Å². The van der Waals surface area contributed by atoms with Gasteiger partial charge in [0.1, 0.15) is 6.10 Å². The van der Waals surface area contributed by atoms with Crippen molar-refractivity contribution in [3.05, 3.63) is 65.7 Å². The van der Waals surface area contributed by atoms with Crippen molar-refractivity contribution >= 4 is 11.5 Å². The molecule has 0 spiro atoms. The second kappa shape index (κ2) is 5.47. The van der Waals surface area contributed by atoms with Crippen molar-refractivity contribution in [3.63, 3.8) is 0 Å². The Labute approximate surface area is 106 Å². The van der Waals surface area contributed by atoms with Crippen molar-refractivity contribution in [1.29, 1.82) is 0 Å². The van der Waals surface area contributed by atoms with Gasteiger partial charge in [-0.2, -0.15) is 0 Å². The largest absolute Gasteiger partial charge is 0.388 e. The first-order chi connectivity index (χ1) is 8.72. The molecule has 0 amide bonds. The number of benzene rings is 2. The van der Waals surface area contributed by atoms with E-state index in [1.807, 2.05) is 12.1 Å². The molecular formula is C15H15NO2. The van der Waals surface area contributed by atoms with E-state index in [0.29, 0.717) is 11.1 Å². The molecule has 92 valence electrons. The van der Waals surface area contributed by atoms with E-state index >= 15 is 0 Å². The van der Waals surface area contributed by atoms with Crippen LogP contribution in [0.2, 0.25) is 0 Å². The number of hydrogen-bond acceptors (Lipinski definition) is 3. The number of aliphatic hydroxyl groups excluding tert-OH is 1. The fraction of sp³-hybridized carbons (Fsp3) is 0.133. The maximum absolute atomic E-state index is 12.1. The zero-order chi connectivity index (χ0) is 13.0. The van der Waals surface area contributed by atoms with Crippen molar-refractivity contribution < 1.29 is 9.90 Å². The van der Waals surface area contributed by atoms with E-state index in [0.717, 1.165) is 5.69 Å². The SMILES string of the molecule is CNc1cccc(C(=O)C(O)c2ccccc2)c1. The number of nitrogens with one attached hydrogen (secondary N) is 1. The second-order valence-corrected chi connectivity index (χ2v) is 4.01. The van der Waals surface area contributed by atoms with E-state index in [2.05, 4.69) is 5.32 Å². The molecule has 0 bridgehead atoms. The lowest BCUT2D eigenvalue weighted by Crippen LogP contribution is -2.12. The third-order valence-corrected chi connectivity index (χ3v) is 2.80. The van der Waals surface area contributed by atoms with Crippen molar-refractivity contribution in [2.24, 2.45) is 0 Å². The van der Waals surface area contributed by atoms with Crippen LogP contribution in [0.5, 0.6) is 0 Å². The molecule has 2 aromatic rings. The van der Waals surface area contributed by atoms with E-state index in [9.17, 15) is 9.90 Å². The molecule has 0 saturated carbocycles. The quantitative estimate of drug-likeness (QED) is 0.809. The molecule has 0 fully saturated rings. The minimum atomic E-state index is -1.11. The molecule has 3 nitrogen and oxygen atoms in total. The fourth-order valence-corrected chi connectivity index (χ4v) is 1.77. The highest BCUT2D eigenvalue weighted by Gasteiger charge is 2.18. The van der Waals surface area contributed by atoms with Gasteiger partial charge >= 0.3 is 0 Å². The average molecular weight is 241 g/mol. The summed E-state index contributed by atoms with van der Waals surface area (Å²) in [5.41, 5.74) is 1.96. The van der Waals surface area contributed by atoms with Crippen molar-refractivity contribution in [2.45, 2.75) is 6.10 Å². The van der Waals surface area contributed by atoms with Crippen LogP contribution < -0.4 is 5.32 Å². The zero-order valence-corrected chi connectivity index (χ0v) is 10.1. The van der Waals surface area contributed by atoms with Gasteiger partial charge in [0.25, 0.3) is 0 Å². The Morgan fingerprint density at radius 3 is 2.50 bits per heavy atom. The lowest BCUT2D eigenvalue weighted by Gasteiger charge is -2.10. The van der Waals surface area contributed by atoms with Crippen LogP contribution >= 0.6 is 0 Å². The highest BCUT2D eigenvalue weighted by molar-refractivity contribution is 6.00. The number of rotatable bonds is 4. The summed E-state index contributed by atoms with van der Waals surface area (Å²) in [5, 5.41) is 13.0. The van der Waals surface area contributed by atoms with Crippen LogP contribution in [-0.4, -0.2) is 17.9 Å². The molecule has 1 unspecified atom stereocenters. The maximum Gasteiger partial charge on any atom is 0.195 e. The van der Waals surface area contributed by atoms with Crippen molar-refractivity contribution in [3.8, 4) is 0 Å². The van der Waals surface area contributed by atoms with E-state index in [-0.39, 0.29) is 5.78 Å². The van der Waals surface area contributed by atoms with E-state index in [1.54, 1.807) is 49.5 Å². The van der Waals surface area contributed by atoms with Gasteiger partial charge in [0.15, 0.2) is 5.78 Å². The Bertz CT molecular complexity index is 537. The summed E-state index contributed by atoms with van der Waals surface area (Å²) < 4.78 is 0. The van der Waals surface area contributed by atoms with Gasteiger partial charge in [-0.05, 0) is 17.7 Å². The maximum atomic E-state index is 12.1. The van der Waals surface area contributed by atoms with Crippen LogP contribution in [0, 0.1) is 0 Å². The number of hydrogen-bond donors (Lipinski definition) is 2. The minimum Gasteiger partial charge on any atom is -0.388 e. The Hall–Kier alpha value is -2.13. The highest BCUT2D eigenvalue weighted by atomic mass is 16.3. The van der Waals surface area contributed by atoms with E-state index < -0.39 is 6.10 Å². The normalized spacial score (nSPS) is 11.9. The van der Waals surface area contributed by atoms with E-state index in [1.165, 1.54) is 0 Å². The molecule has 0 saturated heterocycles. The number of carbonyl (C=O) groups excluding carboxylic acids is 1. The smallest absolute Gasteiger partial charge is 0.195 e. The lowest BCUT2D eigenvalue weighted by molar-refractivity contribution is 0.0747. The Morgan fingerprint density at radius 2 is 1.83 bits per heavy atom. The van der Waals surface area contributed by atoms with Gasteiger partial charge in [0.2, 0.25) is 0 Å². The Kier molecular flexibility index (Phi) is 3.75. The lowest BCUT2D eigenvalue weighted by atomic mass is 10.00. The summed E-state index contributed by atoms with van der Waals surface area (Å²) in [6.45, 7) is 0. The Balaban J connectivity index is 2.25. The molecule has 0 aliphatic carbocycles. The molecule has 0 aliphatic heterocycles. The van der Waals surface area contributed by atoms with Gasteiger partial charge in [-0.1, -0.05) is 42.5 Å². The predicted octanol–water partition coefficient (Wildman–Crippen LogP) is 2.64. The number of anilines is 1.